The van der Waals surface area contributed by atoms with Gasteiger partial charge in [0, 0.05) is 5.69 Å². The molecule has 0 saturated carbocycles. The van der Waals surface area contributed by atoms with E-state index in [1.807, 2.05) is 6.07 Å². The van der Waals surface area contributed by atoms with Crippen molar-refractivity contribution in [3.05, 3.63) is 40.1 Å². The van der Waals surface area contributed by atoms with E-state index >= 15 is 0 Å². The van der Waals surface area contributed by atoms with Crippen LogP contribution in [0.2, 0.25) is 0 Å². The lowest BCUT2D eigenvalue weighted by molar-refractivity contribution is 0.489. The summed E-state index contributed by atoms with van der Waals surface area (Å²) in [7, 11) is 0. The van der Waals surface area contributed by atoms with E-state index in [-0.39, 0.29) is 0 Å². The van der Waals surface area contributed by atoms with Gasteiger partial charge in [0.25, 0.3) is 4.84 Å². The van der Waals surface area contributed by atoms with Crippen LogP contribution in [0.15, 0.2) is 22.6 Å². The van der Waals surface area contributed by atoms with Crippen molar-refractivity contribution < 1.29 is 4.42 Å². The van der Waals surface area contributed by atoms with Crippen LogP contribution in [0, 0.1) is 18.7 Å². The predicted molar refractivity (Wildman–Crippen MR) is 64.9 cm³/mol. The second-order valence-electron chi connectivity index (χ2n) is 3.68. The molecule has 0 atom stereocenters. The first kappa shape index (κ1) is 10.9. The standard InChI is InChI=1S/C11H13N3OS/c1-7-3-4-9(8(2)5-7)12-6-10-13-14-11(16)15-10/h3-5,12H,6H2,1-2H3,(H,14,16). The van der Waals surface area contributed by atoms with E-state index in [0.29, 0.717) is 17.3 Å². The Morgan fingerprint density at radius 2 is 2.25 bits per heavy atom. The maximum absolute atomic E-state index is 5.15. The first-order chi connectivity index (χ1) is 7.65. The van der Waals surface area contributed by atoms with Crippen LogP contribution < -0.4 is 5.32 Å². The van der Waals surface area contributed by atoms with Gasteiger partial charge in [0.1, 0.15) is 0 Å². The third kappa shape index (κ3) is 2.49. The Morgan fingerprint density at radius 3 is 2.88 bits per heavy atom. The van der Waals surface area contributed by atoms with Crippen LogP contribution in [-0.4, -0.2) is 10.2 Å². The fourth-order valence-electron chi connectivity index (χ4n) is 1.52. The maximum Gasteiger partial charge on any atom is 0.284 e. The molecule has 0 aliphatic heterocycles. The summed E-state index contributed by atoms with van der Waals surface area (Å²) in [5.74, 6) is 0.560. The van der Waals surface area contributed by atoms with E-state index in [0.717, 1.165) is 5.69 Å². The molecule has 0 aliphatic rings. The lowest BCUT2D eigenvalue weighted by atomic mass is 10.1. The summed E-state index contributed by atoms with van der Waals surface area (Å²) < 4.78 is 5.15. The lowest BCUT2D eigenvalue weighted by Gasteiger charge is -2.07. The van der Waals surface area contributed by atoms with Gasteiger partial charge in [-0.1, -0.05) is 17.7 Å². The molecule has 2 N–H and O–H groups in total. The molecular weight excluding hydrogens is 222 g/mol. The molecular formula is C11H13N3OS. The summed E-state index contributed by atoms with van der Waals surface area (Å²) in [4.78, 5) is 0.303. The SMILES string of the molecule is Cc1ccc(NCc2n[nH]c(=S)o2)c(C)c1. The quantitative estimate of drug-likeness (QED) is 0.803. The number of aromatic nitrogens is 2. The molecule has 0 amide bonds. The van der Waals surface area contributed by atoms with E-state index in [2.05, 4.69) is 41.5 Å². The summed E-state index contributed by atoms with van der Waals surface area (Å²) in [5.41, 5.74) is 3.53. The Kier molecular flexibility index (Phi) is 3.05. The summed E-state index contributed by atoms with van der Waals surface area (Å²) in [6.07, 6.45) is 0. The number of benzene rings is 1. The number of H-pyrrole nitrogens is 1. The fraction of sp³-hybridized carbons (Fsp3) is 0.273. The Bertz CT molecular complexity index is 544. The fourth-order valence-corrected chi connectivity index (χ4v) is 1.66. The third-order valence-electron chi connectivity index (χ3n) is 2.29. The molecule has 5 heteroatoms. The van der Waals surface area contributed by atoms with Crippen LogP contribution in [0.1, 0.15) is 17.0 Å². The van der Waals surface area contributed by atoms with Crippen molar-refractivity contribution in [1.29, 1.82) is 0 Å². The molecule has 84 valence electrons. The second-order valence-corrected chi connectivity index (χ2v) is 4.05. The average molecular weight is 235 g/mol. The highest BCUT2D eigenvalue weighted by Crippen LogP contribution is 2.16. The van der Waals surface area contributed by atoms with Crippen molar-refractivity contribution in [2.24, 2.45) is 0 Å². The van der Waals surface area contributed by atoms with Crippen LogP contribution in [0.4, 0.5) is 5.69 Å². The van der Waals surface area contributed by atoms with Crippen molar-refractivity contribution in [2.75, 3.05) is 5.32 Å². The second kappa shape index (κ2) is 4.49. The molecule has 2 aromatic rings. The van der Waals surface area contributed by atoms with Crippen molar-refractivity contribution in [3.63, 3.8) is 0 Å². The number of nitrogens with zero attached hydrogens (tertiary/aromatic N) is 1. The van der Waals surface area contributed by atoms with Gasteiger partial charge >= 0.3 is 0 Å². The minimum absolute atomic E-state index is 0.303. The zero-order valence-electron chi connectivity index (χ0n) is 9.20. The third-order valence-corrected chi connectivity index (χ3v) is 2.47. The first-order valence-corrected chi connectivity index (χ1v) is 5.41. The Labute approximate surface area is 98.7 Å². The van der Waals surface area contributed by atoms with Gasteiger partial charge in [-0.2, -0.15) is 0 Å². The Balaban J connectivity index is 2.07. The molecule has 0 unspecified atom stereocenters. The summed E-state index contributed by atoms with van der Waals surface area (Å²) in [6.45, 7) is 4.66. The van der Waals surface area contributed by atoms with Crippen LogP contribution in [-0.2, 0) is 6.54 Å². The van der Waals surface area contributed by atoms with E-state index < -0.39 is 0 Å². The number of hydrogen-bond donors (Lipinski definition) is 2. The number of aryl methyl sites for hydroxylation is 2. The van der Waals surface area contributed by atoms with E-state index in [9.17, 15) is 0 Å². The van der Waals surface area contributed by atoms with Gasteiger partial charge in [0.15, 0.2) is 0 Å². The zero-order valence-corrected chi connectivity index (χ0v) is 10.0. The highest BCUT2D eigenvalue weighted by Gasteiger charge is 2.01. The minimum Gasteiger partial charge on any atom is -0.412 e. The largest absolute Gasteiger partial charge is 0.412 e. The predicted octanol–water partition coefficient (Wildman–Crippen LogP) is 2.96. The summed E-state index contributed by atoms with van der Waals surface area (Å²) >= 11 is 4.79. The number of rotatable bonds is 3. The van der Waals surface area contributed by atoms with Crippen molar-refractivity contribution >= 4 is 17.9 Å². The van der Waals surface area contributed by atoms with Gasteiger partial charge in [-0.3, -0.25) is 0 Å². The van der Waals surface area contributed by atoms with Crippen LogP contribution in [0.5, 0.6) is 0 Å². The van der Waals surface area contributed by atoms with E-state index in [1.54, 1.807) is 0 Å². The first-order valence-electron chi connectivity index (χ1n) is 5.00. The molecule has 0 saturated heterocycles. The van der Waals surface area contributed by atoms with Gasteiger partial charge in [0.2, 0.25) is 5.89 Å². The Morgan fingerprint density at radius 1 is 1.44 bits per heavy atom. The maximum atomic E-state index is 5.15. The number of anilines is 1. The monoisotopic (exact) mass is 235 g/mol. The van der Waals surface area contributed by atoms with Gasteiger partial charge in [-0.15, -0.1) is 5.10 Å². The highest BCUT2D eigenvalue weighted by molar-refractivity contribution is 7.71. The molecule has 2 rings (SSSR count). The van der Waals surface area contributed by atoms with Gasteiger partial charge in [-0.25, -0.2) is 5.10 Å². The van der Waals surface area contributed by atoms with Crippen LogP contribution >= 0.6 is 12.2 Å². The Hall–Kier alpha value is -1.62. The summed E-state index contributed by atoms with van der Waals surface area (Å²) in [5, 5.41) is 9.75. The van der Waals surface area contributed by atoms with Crippen LogP contribution in [0.3, 0.4) is 0 Å². The molecule has 0 bridgehead atoms. The van der Waals surface area contributed by atoms with Gasteiger partial charge in [0.05, 0.1) is 6.54 Å². The molecule has 0 radical (unpaired) electrons. The molecule has 1 aromatic heterocycles. The molecule has 0 spiro atoms. The number of hydrogen-bond acceptors (Lipinski definition) is 4. The average Bonchev–Trinajstić information content (AvgIpc) is 2.63. The molecule has 1 heterocycles. The molecule has 1 aromatic carbocycles. The number of aromatic amines is 1. The molecule has 0 fully saturated rings. The normalized spacial score (nSPS) is 10.4. The smallest absolute Gasteiger partial charge is 0.284 e. The lowest BCUT2D eigenvalue weighted by Crippen LogP contribution is -2.01. The van der Waals surface area contributed by atoms with Crippen LogP contribution in [0.25, 0.3) is 0 Å². The van der Waals surface area contributed by atoms with Gasteiger partial charge in [-0.05, 0) is 37.7 Å². The topological polar surface area (TPSA) is 53.9 Å². The highest BCUT2D eigenvalue weighted by atomic mass is 32.1. The zero-order chi connectivity index (χ0) is 11.5. The van der Waals surface area contributed by atoms with E-state index in [4.69, 9.17) is 16.6 Å². The number of nitrogens with one attached hydrogen (secondary N) is 2. The molecule has 4 nitrogen and oxygen atoms in total. The van der Waals surface area contributed by atoms with Crippen molar-refractivity contribution in [3.8, 4) is 0 Å². The van der Waals surface area contributed by atoms with Gasteiger partial charge < -0.3 is 9.73 Å². The molecule has 0 aliphatic carbocycles. The summed E-state index contributed by atoms with van der Waals surface area (Å²) in [6, 6.07) is 6.24. The van der Waals surface area contributed by atoms with Crippen molar-refractivity contribution in [1.82, 2.24) is 10.2 Å². The molecule has 16 heavy (non-hydrogen) atoms. The van der Waals surface area contributed by atoms with Crippen molar-refractivity contribution in [2.45, 2.75) is 20.4 Å². The minimum atomic E-state index is 0.303. The van der Waals surface area contributed by atoms with E-state index in [1.165, 1.54) is 11.1 Å².